The molecule has 2 N–H and O–H groups in total. The van der Waals surface area contributed by atoms with Gasteiger partial charge in [0.05, 0.1) is 12.7 Å². The molecule has 0 spiro atoms. The quantitative estimate of drug-likeness (QED) is 0.836. The molecule has 6 heteroatoms. The summed E-state index contributed by atoms with van der Waals surface area (Å²) in [5.41, 5.74) is -0.252. The van der Waals surface area contributed by atoms with Crippen LogP contribution in [0.4, 0.5) is 10.1 Å². The predicted molar refractivity (Wildman–Crippen MR) is 76.6 cm³/mol. The van der Waals surface area contributed by atoms with E-state index in [2.05, 4.69) is 15.4 Å². The van der Waals surface area contributed by atoms with E-state index >= 15 is 0 Å². The lowest BCUT2D eigenvalue weighted by molar-refractivity contribution is -0.126. The van der Waals surface area contributed by atoms with E-state index in [0.717, 1.165) is 32.0 Å². The molecule has 0 aliphatic carbocycles. The molecule has 0 aromatic heterocycles. The SMILES string of the molecule is COC(=O)c1cc(NC(=O)C2(C)CCNCC2)ccc1F. The van der Waals surface area contributed by atoms with Crippen molar-refractivity contribution in [3.8, 4) is 0 Å². The first-order chi connectivity index (χ1) is 9.96. The summed E-state index contributed by atoms with van der Waals surface area (Å²) in [6, 6.07) is 3.88. The molecular weight excluding hydrogens is 275 g/mol. The molecule has 1 fully saturated rings. The minimum absolute atomic E-state index is 0.119. The summed E-state index contributed by atoms with van der Waals surface area (Å²) in [5.74, 6) is -1.56. The van der Waals surface area contributed by atoms with Crippen LogP contribution in [0.2, 0.25) is 0 Å². The third-order valence-electron chi connectivity index (χ3n) is 3.88. The number of halogens is 1. The largest absolute Gasteiger partial charge is 0.465 e. The predicted octanol–water partition coefficient (Wildman–Crippen LogP) is 1.94. The number of benzene rings is 1. The van der Waals surface area contributed by atoms with Crippen molar-refractivity contribution in [1.29, 1.82) is 0 Å². The Morgan fingerprint density at radius 3 is 2.62 bits per heavy atom. The smallest absolute Gasteiger partial charge is 0.340 e. The molecule has 1 aliphatic heterocycles. The number of carbonyl (C=O) groups is 2. The molecule has 1 aromatic carbocycles. The molecule has 1 aliphatic rings. The summed E-state index contributed by atoms with van der Waals surface area (Å²) in [6.07, 6.45) is 1.48. The molecular formula is C15H19FN2O3. The number of hydrogen-bond donors (Lipinski definition) is 2. The minimum atomic E-state index is -0.767. The Labute approximate surface area is 122 Å². The van der Waals surface area contributed by atoms with Gasteiger partial charge in [-0.3, -0.25) is 4.79 Å². The lowest BCUT2D eigenvalue weighted by Gasteiger charge is -2.32. The Kier molecular flexibility index (Phi) is 4.57. The molecule has 1 amide bonds. The van der Waals surface area contributed by atoms with Gasteiger partial charge in [-0.05, 0) is 44.1 Å². The van der Waals surface area contributed by atoms with E-state index in [1.807, 2.05) is 6.92 Å². The van der Waals surface area contributed by atoms with Gasteiger partial charge < -0.3 is 15.4 Å². The number of piperidine rings is 1. The van der Waals surface area contributed by atoms with E-state index in [9.17, 15) is 14.0 Å². The maximum atomic E-state index is 13.6. The average Bonchev–Trinajstić information content (AvgIpc) is 2.49. The highest BCUT2D eigenvalue weighted by Gasteiger charge is 2.34. The van der Waals surface area contributed by atoms with Gasteiger partial charge in [-0.1, -0.05) is 6.92 Å². The van der Waals surface area contributed by atoms with Crippen LogP contribution in [0, 0.1) is 11.2 Å². The molecule has 2 rings (SSSR count). The van der Waals surface area contributed by atoms with Gasteiger partial charge in [0.1, 0.15) is 5.82 Å². The number of ether oxygens (including phenoxy) is 1. The van der Waals surface area contributed by atoms with Crippen LogP contribution in [-0.2, 0) is 9.53 Å². The van der Waals surface area contributed by atoms with Gasteiger partial charge >= 0.3 is 5.97 Å². The Hall–Kier alpha value is -1.95. The van der Waals surface area contributed by atoms with E-state index in [0.29, 0.717) is 5.69 Å². The lowest BCUT2D eigenvalue weighted by atomic mass is 9.80. The van der Waals surface area contributed by atoms with Crippen LogP contribution in [0.15, 0.2) is 18.2 Å². The highest BCUT2D eigenvalue weighted by atomic mass is 19.1. The van der Waals surface area contributed by atoms with Gasteiger partial charge in [-0.2, -0.15) is 0 Å². The van der Waals surface area contributed by atoms with E-state index < -0.39 is 17.2 Å². The molecule has 0 atom stereocenters. The zero-order valence-electron chi connectivity index (χ0n) is 12.2. The summed E-state index contributed by atoms with van der Waals surface area (Å²) in [5, 5.41) is 5.96. The van der Waals surface area contributed by atoms with Crippen molar-refractivity contribution in [3.63, 3.8) is 0 Å². The van der Waals surface area contributed by atoms with Crippen LogP contribution in [0.1, 0.15) is 30.1 Å². The van der Waals surface area contributed by atoms with Crippen LogP contribution in [-0.4, -0.2) is 32.1 Å². The first-order valence-corrected chi connectivity index (χ1v) is 6.86. The zero-order valence-corrected chi connectivity index (χ0v) is 12.2. The molecule has 1 saturated heterocycles. The number of amides is 1. The second kappa shape index (κ2) is 6.22. The maximum absolute atomic E-state index is 13.6. The Bertz CT molecular complexity index is 554. The van der Waals surface area contributed by atoms with Gasteiger partial charge in [-0.25, -0.2) is 9.18 Å². The second-order valence-electron chi connectivity index (χ2n) is 5.45. The number of methoxy groups -OCH3 is 1. The molecule has 1 heterocycles. The summed E-state index contributed by atoms with van der Waals surface area (Å²) >= 11 is 0. The maximum Gasteiger partial charge on any atom is 0.340 e. The fourth-order valence-electron chi connectivity index (χ4n) is 2.36. The van der Waals surface area contributed by atoms with Crippen molar-refractivity contribution < 1.29 is 18.7 Å². The van der Waals surface area contributed by atoms with Crippen LogP contribution >= 0.6 is 0 Å². The molecule has 0 radical (unpaired) electrons. The molecule has 0 saturated carbocycles. The van der Waals surface area contributed by atoms with Gasteiger partial charge in [0.15, 0.2) is 0 Å². The molecule has 0 bridgehead atoms. The summed E-state index contributed by atoms with van der Waals surface area (Å²) in [6.45, 7) is 3.50. The monoisotopic (exact) mass is 294 g/mol. The molecule has 21 heavy (non-hydrogen) atoms. The van der Waals surface area contributed by atoms with Gasteiger partial charge in [0.25, 0.3) is 0 Å². The van der Waals surface area contributed by atoms with Crippen LogP contribution < -0.4 is 10.6 Å². The summed E-state index contributed by atoms with van der Waals surface area (Å²) < 4.78 is 18.1. The fraction of sp³-hybridized carbons (Fsp3) is 0.467. The number of esters is 1. The number of carbonyl (C=O) groups excluding carboxylic acids is 2. The van der Waals surface area contributed by atoms with Crippen LogP contribution in [0.5, 0.6) is 0 Å². The van der Waals surface area contributed by atoms with Crippen LogP contribution in [0.3, 0.4) is 0 Å². The zero-order chi connectivity index (χ0) is 15.5. The summed E-state index contributed by atoms with van der Waals surface area (Å²) in [7, 11) is 1.18. The molecule has 0 unspecified atom stereocenters. The second-order valence-corrected chi connectivity index (χ2v) is 5.45. The van der Waals surface area contributed by atoms with Crippen molar-refractivity contribution in [3.05, 3.63) is 29.6 Å². The van der Waals surface area contributed by atoms with Crippen molar-refractivity contribution in [2.24, 2.45) is 5.41 Å². The van der Waals surface area contributed by atoms with Crippen molar-refractivity contribution >= 4 is 17.6 Å². The fourth-order valence-corrected chi connectivity index (χ4v) is 2.36. The van der Waals surface area contributed by atoms with Crippen molar-refractivity contribution in [1.82, 2.24) is 5.32 Å². The van der Waals surface area contributed by atoms with Crippen LogP contribution in [0.25, 0.3) is 0 Å². The van der Waals surface area contributed by atoms with E-state index in [-0.39, 0.29) is 11.5 Å². The third-order valence-corrected chi connectivity index (χ3v) is 3.88. The highest BCUT2D eigenvalue weighted by Crippen LogP contribution is 2.29. The average molecular weight is 294 g/mol. The number of anilines is 1. The highest BCUT2D eigenvalue weighted by molar-refractivity contribution is 5.97. The van der Waals surface area contributed by atoms with Gasteiger partial charge in [-0.15, -0.1) is 0 Å². The standard InChI is InChI=1S/C15H19FN2O3/c1-15(5-7-17-8-6-15)14(20)18-10-3-4-12(16)11(9-10)13(19)21-2/h3-4,9,17H,5-8H2,1-2H3,(H,18,20). The normalized spacial score (nSPS) is 17.1. The number of rotatable bonds is 3. The molecule has 5 nitrogen and oxygen atoms in total. The van der Waals surface area contributed by atoms with Gasteiger partial charge in [0.2, 0.25) is 5.91 Å². The number of hydrogen-bond acceptors (Lipinski definition) is 4. The van der Waals surface area contributed by atoms with Crippen molar-refractivity contribution in [2.45, 2.75) is 19.8 Å². The molecule has 1 aromatic rings. The Balaban J connectivity index is 2.16. The topological polar surface area (TPSA) is 67.4 Å². The first-order valence-electron chi connectivity index (χ1n) is 6.86. The molecule has 114 valence electrons. The Morgan fingerprint density at radius 2 is 2.00 bits per heavy atom. The first kappa shape index (κ1) is 15.4. The lowest BCUT2D eigenvalue weighted by Crippen LogP contribution is -2.42. The third kappa shape index (κ3) is 3.39. The van der Waals surface area contributed by atoms with E-state index in [1.165, 1.54) is 19.2 Å². The van der Waals surface area contributed by atoms with E-state index in [1.54, 1.807) is 0 Å². The van der Waals surface area contributed by atoms with E-state index in [4.69, 9.17) is 0 Å². The van der Waals surface area contributed by atoms with Crippen molar-refractivity contribution in [2.75, 3.05) is 25.5 Å². The summed E-state index contributed by atoms with van der Waals surface area (Å²) in [4.78, 5) is 23.8. The Morgan fingerprint density at radius 1 is 1.33 bits per heavy atom. The van der Waals surface area contributed by atoms with Gasteiger partial charge in [0, 0.05) is 11.1 Å². The minimum Gasteiger partial charge on any atom is -0.465 e. The number of nitrogens with one attached hydrogen (secondary N) is 2.